The molecule has 29 heavy (non-hydrogen) atoms. The molecule has 3 rings (SSSR count). The van der Waals surface area contributed by atoms with Crippen molar-refractivity contribution in [1.29, 1.82) is 0 Å². The summed E-state index contributed by atoms with van der Waals surface area (Å²) in [4.78, 5) is 13.2. The minimum atomic E-state index is -3.77. The second-order valence-corrected chi connectivity index (χ2v) is 10.3. The summed E-state index contributed by atoms with van der Waals surface area (Å²) in [5.41, 5.74) is 0.261. The van der Waals surface area contributed by atoms with Crippen molar-refractivity contribution in [3.05, 3.63) is 28.3 Å². The molecule has 0 bridgehead atoms. The first-order valence-corrected chi connectivity index (χ1v) is 11.8. The van der Waals surface area contributed by atoms with Crippen LogP contribution < -0.4 is 4.90 Å². The maximum atomic E-state index is 13.2. The zero-order chi connectivity index (χ0) is 21.2. The fourth-order valence-electron chi connectivity index (χ4n) is 4.46. The average molecular weight is 426 g/mol. The zero-order valence-electron chi connectivity index (χ0n) is 17.4. The monoisotopic (exact) mass is 425 g/mol. The van der Waals surface area contributed by atoms with Crippen LogP contribution in [0.5, 0.6) is 0 Å². The van der Waals surface area contributed by atoms with Crippen LogP contribution in [0.3, 0.4) is 0 Å². The van der Waals surface area contributed by atoms with E-state index in [9.17, 15) is 18.5 Å². The standard InChI is InChI=1S/C20H31N3O5S/c1-4-21(14-17-6-5-9-28-17)19-8-7-18(11-20(19)23(24)25)29(26,27)22-12-15(2)10-16(3)13-22/h7-8,11,15-17H,4-6,9-10,12-14H2,1-3H3/t15-,16-,17+/m1/s1. The molecule has 1 aromatic rings. The Balaban J connectivity index is 1.91. The molecule has 162 valence electrons. The number of sulfonamides is 1. The maximum Gasteiger partial charge on any atom is 0.293 e. The van der Waals surface area contributed by atoms with Crippen LogP contribution in [-0.4, -0.2) is 56.5 Å². The van der Waals surface area contributed by atoms with Crippen LogP contribution in [0, 0.1) is 22.0 Å². The summed E-state index contributed by atoms with van der Waals surface area (Å²) >= 11 is 0. The van der Waals surface area contributed by atoms with Gasteiger partial charge in [-0.3, -0.25) is 10.1 Å². The van der Waals surface area contributed by atoms with Crippen LogP contribution in [0.25, 0.3) is 0 Å². The summed E-state index contributed by atoms with van der Waals surface area (Å²) in [6.45, 7) is 8.75. The molecule has 2 heterocycles. The topological polar surface area (TPSA) is 93.0 Å². The molecule has 3 atom stereocenters. The van der Waals surface area contributed by atoms with Crippen LogP contribution in [-0.2, 0) is 14.8 Å². The minimum absolute atomic E-state index is 0.0116. The van der Waals surface area contributed by atoms with E-state index in [1.807, 2.05) is 25.7 Å². The molecule has 2 aliphatic heterocycles. The smallest absolute Gasteiger partial charge is 0.293 e. The highest BCUT2D eigenvalue weighted by atomic mass is 32.2. The number of benzene rings is 1. The number of likely N-dealkylation sites (N-methyl/N-ethyl adjacent to an activating group) is 1. The Bertz CT molecular complexity index is 829. The van der Waals surface area contributed by atoms with Gasteiger partial charge in [0.1, 0.15) is 5.69 Å². The number of anilines is 1. The van der Waals surface area contributed by atoms with Crippen molar-refractivity contribution in [2.75, 3.05) is 37.7 Å². The number of piperidine rings is 1. The van der Waals surface area contributed by atoms with Gasteiger partial charge in [0.05, 0.1) is 15.9 Å². The lowest BCUT2D eigenvalue weighted by atomic mass is 9.94. The number of nitro benzene ring substituents is 1. The molecule has 8 nitrogen and oxygen atoms in total. The van der Waals surface area contributed by atoms with Gasteiger partial charge in [0, 0.05) is 38.9 Å². The van der Waals surface area contributed by atoms with Crippen molar-refractivity contribution >= 4 is 21.4 Å². The lowest BCUT2D eigenvalue weighted by molar-refractivity contribution is -0.384. The van der Waals surface area contributed by atoms with Gasteiger partial charge in [-0.15, -0.1) is 0 Å². The third-order valence-corrected chi connectivity index (χ3v) is 7.61. The molecule has 0 spiro atoms. The summed E-state index contributed by atoms with van der Waals surface area (Å²) in [7, 11) is -3.77. The van der Waals surface area contributed by atoms with Gasteiger partial charge < -0.3 is 9.64 Å². The first-order chi connectivity index (χ1) is 13.7. The van der Waals surface area contributed by atoms with Crippen LogP contribution >= 0.6 is 0 Å². The second kappa shape index (κ2) is 8.97. The third kappa shape index (κ3) is 4.90. The van der Waals surface area contributed by atoms with Crippen LogP contribution in [0.1, 0.15) is 40.0 Å². The van der Waals surface area contributed by atoms with Gasteiger partial charge in [-0.25, -0.2) is 8.42 Å². The highest BCUT2D eigenvalue weighted by molar-refractivity contribution is 7.89. The Morgan fingerprint density at radius 2 is 1.97 bits per heavy atom. The van der Waals surface area contributed by atoms with E-state index in [0.717, 1.165) is 19.3 Å². The molecule has 1 aromatic carbocycles. The van der Waals surface area contributed by atoms with Crippen LogP contribution in [0.4, 0.5) is 11.4 Å². The average Bonchev–Trinajstić information content (AvgIpc) is 3.18. The normalized spacial score (nSPS) is 25.8. The van der Waals surface area contributed by atoms with Crippen molar-refractivity contribution in [2.45, 2.75) is 51.0 Å². The van der Waals surface area contributed by atoms with E-state index >= 15 is 0 Å². The van der Waals surface area contributed by atoms with Crippen molar-refractivity contribution < 1.29 is 18.1 Å². The fourth-order valence-corrected chi connectivity index (χ4v) is 6.16. The van der Waals surface area contributed by atoms with Crippen molar-refractivity contribution in [1.82, 2.24) is 4.31 Å². The lowest BCUT2D eigenvalue weighted by Gasteiger charge is -2.34. The fraction of sp³-hybridized carbons (Fsp3) is 0.700. The number of nitro groups is 1. The van der Waals surface area contributed by atoms with Gasteiger partial charge in [-0.1, -0.05) is 13.8 Å². The van der Waals surface area contributed by atoms with Crippen molar-refractivity contribution in [3.63, 3.8) is 0 Å². The quantitative estimate of drug-likeness (QED) is 0.492. The molecule has 0 N–H and O–H groups in total. The van der Waals surface area contributed by atoms with E-state index in [0.29, 0.717) is 38.5 Å². The molecule has 0 amide bonds. The van der Waals surface area contributed by atoms with Gasteiger partial charge in [-0.05, 0) is 50.2 Å². The third-order valence-electron chi connectivity index (χ3n) is 5.79. The summed E-state index contributed by atoms with van der Waals surface area (Å²) in [6.07, 6.45) is 2.96. The molecule has 9 heteroatoms. The number of nitrogens with zero attached hydrogens (tertiary/aromatic N) is 3. The molecule has 0 saturated carbocycles. The Morgan fingerprint density at radius 1 is 1.28 bits per heavy atom. The molecular weight excluding hydrogens is 394 g/mol. The van der Waals surface area contributed by atoms with Gasteiger partial charge in [0.25, 0.3) is 5.69 Å². The van der Waals surface area contributed by atoms with E-state index in [4.69, 9.17) is 4.74 Å². The molecule has 0 aliphatic carbocycles. The maximum absolute atomic E-state index is 13.2. The molecule has 2 saturated heterocycles. The number of ether oxygens (including phenoxy) is 1. The van der Waals surface area contributed by atoms with Crippen LogP contribution in [0.2, 0.25) is 0 Å². The van der Waals surface area contributed by atoms with Gasteiger partial charge in [0.2, 0.25) is 10.0 Å². The van der Waals surface area contributed by atoms with E-state index < -0.39 is 14.9 Å². The minimum Gasteiger partial charge on any atom is -0.376 e. The zero-order valence-corrected chi connectivity index (χ0v) is 18.2. The Hall–Kier alpha value is -1.71. The number of hydrogen-bond donors (Lipinski definition) is 0. The van der Waals surface area contributed by atoms with E-state index in [2.05, 4.69) is 0 Å². The molecule has 0 aromatic heterocycles. The van der Waals surface area contributed by atoms with E-state index in [1.54, 1.807) is 6.07 Å². The highest BCUT2D eigenvalue weighted by Crippen LogP contribution is 2.34. The predicted octanol–water partition coefficient (Wildman–Crippen LogP) is 3.27. The van der Waals surface area contributed by atoms with Crippen molar-refractivity contribution in [3.8, 4) is 0 Å². The molecular formula is C20H31N3O5S. The van der Waals surface area contributed by atoms with Gasteiger partial charge in [0.15, 0.2) is 0 Å². The first kappa shape index (κ1) is 22.0. The number of rotatable bonds is 7. The summed E-state index contributed by atoms with van der Waals surface area (Å²) < 4.78 is 33.4. The Kier molecular flexibility index (Phi) is 6.80. The van der Waals surface area contributed by atoms with E-state index in [-0.39, 0.29) is 28.5 Å². The summed E-state index contributed by atoms with van der Waals surface area (Å²) in [5.74, 6) is 0.537. The van der Waals surface area contributed by atoms with Crippen LogP contribution in [0.15, 0.2) is 23.1 Å². The number of hydrogen-bond acceptors (Lipinski definition) is 6. The molecule has 0 unspecified atom stereocenters. The summed E-state index contributed by atoms with van der Waals surface area (Å²) in [5, 5.41) is 11.8. The van der Waals surface area contributed by atoms with Gasteiger partial charge >= 0.3 is 0 Å². The predicted molar refractivity (Wildman–Crippen MR) is 112 cm³/mol. The molecule has 2 aliphatic rings. The first-order valence-electron chi connectivity index (χ1n) is 10.4. The van der Waals surface area contributed by atoms with E-state index in [1.165, 1.54) is 16.4 Å². The van der Waals surface area contributed by atoms with Gasteiger partial charge in [-0.2, -0.15) is 4.31 Å². The SMILES string of the molecule is CCN(C[C@@H]1CCCO1)c1ccc(S(=O)(=O)N2C[C@H](C)C[C@@H](C)C2)cc1[N+](=O)[O-]. The molecule has 0 radical (unpaired) electrons. The van der Waals surface area contributed by atoms with Crippen molar-refractivity contribution in [2.24, 2.45) is 11.8 Å². The Morgan fingerprint density at radius 3 is 2.52 bits per heavy atom. The second-order valence-electron chi connectivity index (χ2n) is 8.35. The highest BCUT2D eigenvalue weighted by Gasteiger charge is 2.33. The lowest BCUT2D eigenvalue weighted by Crippen LogP contribution is -2.42. The Labute approximate surface area is 173 Å². The summed E-state index contributed by atoms with van der Waals surface area (Å²) in [6, 6.07) is 4.28. The molecule has 2 fully saturated rings. The largest absolute Gasteiger partial charge is 0.376 e.